The second-order valence-corrected chi connectivity index (χ2v) is 4.22. The number of amides is 1. The molecule has 1 aromatic heterocycles. The van der Waals surface area contributed by atoms with Gasteiger partial charge in [-0.25, -0.2) is 9.97 Å². The number of hydrogen-bond acceptors (Lipinski definition) is 4. The van der Waals surface area contributed by atoms with Crippen LogP contribution in [-0.4, -0.2) is 27.6 Å². The first-order chi connectivity index (χ1) is 8.04. The molecule has 5 nitrogen and oxygen atoms in total. The molecule has 1 aromatic rings. The Balaban J connectivity index is 2.95. The topological polar surface area (TPSA) is 80.9 Å². The number of rotatable bonds is 2. The van der Waals surface area contributed by atoms with E-state index in [1.54, 1.807) is 0 Å². The highest BCUT2D eigenvalue weighted by Gasteiger charge is 2.54. The third kappa shape index (κ3) is 3.21. The number of alkyl halides is 3. The fourth-order valence-electron chi connectivity index (χ4n) is 0.829. The number of nitrogens with two attached hydrogens (primary N) is 1. The first-order valence-electron chi connectivity index (χ1n) is 4.41. The number of carbonyl (C=O) groups excluding carboxylic acids is 1. The third-order valence-electron chi connectivity index (χ3n) is 1.97. The van der Waals surface area contributed by atoms with Crippen molar-refractivity contribution in [2.75, 3.05) is 5.32 Å². The average molecular weight is 303 g/mol. The van der Waals surface area contributed by atoms with Crippen molar-refractivity contribution in [1.82, 2.24) is 9.97 Å². The fourth-order valence-corrected chi connectivity index (χ4v) is 1.24. The Morgan fingerprint density at radius 3 is 2.39 bits per heavy atom. The molecule has 0 aliphatic rings. The molecule has 0 fully saturated rings. The lowest BCUT2D eigenvalue weighted by Crippen LogP contribution is -2.59. The second kappa shape index (κ2) is 4.87. The summed E-state index contributed by atoms with van der Waals surface area (Å²) in [6, 6.07) is 1.04. The van der Waals surface area contributed by atoms with Crippen LogP contribution in [0.2, 0.25) is 10.4 Å². The van der Waals surface area contributed by atoms with Gasteiger partial charge in [-0.15, -0.1) is 0 Å². The summed E-state index contributed by atoms with van der Waals surface area (Å²) in [7, 11) is 0. The van der Waals surface area contributed by atoms with Crippen LogP contribution in [0.15, 0.2) is 6.07 Å². The summed E-state index contributed by atoms with van der Waals surface area (Å²) in [5, 5.41) is 1.42. The van der Waals surface area contributed by atoms with Crippen LogP contribution in [0.1, 0.15) is 6.92 Å². The van der Waals surface area contributed by atoms with Crippen molar-refractivity contribution >= 4 is 34.9 Å². The maximum Gasteiger partial charge on any atom is 0.415 e. The molecular weight excluding hydrogens is 296 g/mol. The maximum absolute atomic E-state index is 12.5. The van der Waals surface area contributed by atoms with Crippen LogP contribution < -0.4 is 11.1 Å². The first-order valence-corrected chi connectivity index (χ1v) is 5.17. The molecule has 0 aliphatic heterocycles. The van der Waals surface area contributed by atoms with Crippen molar-refractivity contribution < 1.29 is 18.0 Å². The van der Waals surface area contributed by atoms with Crippen LogP contribution >= 0.6 is 23.2 Å². The highest BCUT2D eigenvalue weighted by atomic mass is 35.5. The predicted molar refractivity (Wildman–Crippen MR) is 59.3 cm³/mol. The quantitative estimate of drug-likeness (QED) is 0.647. The van der Waals surface area contributed by atoms with E-state index >= 15 is 0 Å². The van der Waals surface area contributed by atoms with E-state index in [1.165, 1.54) is 0 Å². The van der Waals surface area contributed by atoms with Crippen molar-refractivity contribution in [3.05, 3.63) is 16.5 Å². The van der Waals surface area contributed by atoms with Crippen molar-refractivity contribution in [3.63, 3.8) is 0 Å². The van der Waals surface area contributed by atoms with Gasteiger partial charge in [0, 0.05) is 6.07 Å². The molecule has 18 heavy (non-hydrogen) atoms. The minimum atomic E-state index is -4.91. The summed E-state index contributed by atoms with van der Waals surface area (Å²) in [5.41, 5.74) is 1.86. The van der Waals surface area contributed by atoms with Gasteiger partial charge in [-0.2, -0.15) is 13.2 Å². The van der Waals surface area contributed by atoms with Crippen molar-refractivity contribution in [2.24, 2.45) is 5.73 Å². The standard InChI is InChI=1S/C8H7Cl2F3N4O/c1-7(14,8(11,12)13)5(18)16-4-2-3(9)15-6(10)17-4/h2H,14H2,1H3,(H,15,16,17,18). The van der Waals surface area contributed by atoms with E-state index in [0.717, 1.165) is 6.07 Å². The van der Waals surface area contributed by atoms with E-state index in [4.69, 9.17) is 28.9 Å². The van der Waals surface area contributed by atoms with Gasteiger partial charge < -0.3 is 11.1 Å². The van der Waals surface area contributed by atoms with Crippen LogP contribution in [-0.2, 0) is 4.79 Å². The minimum Gasteiger partial charge on any atom is -0.310 e. The van der Waals surface area contributed by atoms with E-state index in [0.29, 0.717) is 6.92 Å². The summed E-state index contributed by atoms with van der Waals surface area (Å²) in [4.78, 5) is 18.4. The number of aromatic nitrogens is 2. The number of nitrogens with one attached hydrogen (secondary N) is 1. The molecule has 100 valence electrons. The van der Waals surface area contributed by atoms with Crippen LogP contribution in [0.3, 0.4) is 0 Å². The Hall–Kier alpha value is -1.12. The molecule has 1 heterocycles. The Morgan fingerprint density at radius 1 is 1.39 bits per heavy atom. The molecule has 0 aromatic carbocycles. The van der Waals surface area contributed by atoms with Gasteiger partial charge in [-0.05, 0) is 18.5 Å². The second-order valence-electron chi connectivity index (χ2n) is 3.50. The van der Waals surface area contributed by atoms with Gasteiger partial charge >= 0.3 is 6.18 Å². The maximum atomic E-state index is 12.5. The summed E-state index contributed by atoms with van der Waals surface area (Å²) in [6.45, 7) is 0.534. The highest BCUT2D eigenvalue weighted by molar-refractivity contribution is 6.32. The molecule has 1 unspecified atom stereocenters. The average Bonchev–Trinajstić information content (AvgIpc) is 2.13. The van der Waals surface area contributed by atoms with E-state index < -0.39 is 17.6 Å². The van der Waals surface area contributed by atoms with Gasteiger partial charge in [0.2, 0.25) is 5.28 Å². The third-order valence-corrected chi connectivity index (χ3v) is 2.33. The lowest BCUT2D eigenvalue weighted by Gasteiger charge is -2.25. The van der Waals surface area contributed by atoms with E-state index in [-0.39, 0.29) is 16.3 Å². The monoisotopic (exact) mass is 302 g/mol. The van der Waals surface area contributed by atoms with Gasteiger partial charge in [0.15, 0.2) is 5.54 Å². The zero-order valence-electron chi connectivity index (χ0n) is 8.85. The van der Waals surface area contributed by atoms with Crippen molar-refractivity contribution in [3.8, 4) is 0 Å². The van der Waals surface area contributed by atoms with E-state index in [1.807, 2.05) is 5.32 Å². The summed E-state index contributed by atoms with van der Waals surface area (Å²) >= 11 is 10.9. The lowest BCUT2D eigenvalue weighted by molar-refractivity contribution is -0.184. The van der Waals surface area contributed by atoms with Crippen molar-refractivity contribution in [1.29, 1.82) is 0 Å². The largest absolute Gasteiger partial charge is 0.415 e. The van der Waals surface area contributed by atoms with Gasteiger partial charge in [0.1, 0.15) is 11.0 Å². The Morgan fingerprint density at radius 2 is 1.94 bits per heavy atom. The number of halogens is 5. The van der Waals surface area contributed by atoms with Gasteiger partial charge in [0.05, 0.1) is 0 Å². The Kier molecular flexibility index (Phi) is 4.04. The molecule has 1 rings (SSSR count). The van der Waals surface area contributed by atoms with Crippen LogP contribution in [0.25, 0.3) is 0 Å². The summed E-state index contributed by atoms with van der Waals surface area (Å²) < 4.78 is 37.4. The van der Waals surface area contributed by atoms with Crippen LogP contribution in [0.5, 0.6) is 0 Å². The number of anilines is 1. The lowest BCUT2D eigenvalue weighted by atomic mass is 10.0. The summed E-state index contributed by atoms with van der Waals surface area (Å²) in [5.74, 6) is -1.76. The van der Waals surface area contributed by atoms with E-state index in [2.05, 4.69) is 9.97 Å². The highest BCUT2D eigenvalue weighted by Crippen LogP contribution is 2.29. The molecule has 1 amide bonds. The SMILES string of the molecule is CC(N)(C(=O)Nc1cc(Cl)nc(Cl)n1)C(F)(F)F. The number of carbonyl (C=O) groups is 1. The Labute approximate surface area is 109 Å². The molecule has 0 spiro atoms. The molecule has 1 atom stereocenters. The predicted octanol–water partition coefficient (Wildman–Crippen LogP) is 2.00. The molecule has 0 aliphatic carbocycles. The zero-order valence-corrected chi connectivity index (χ0v) is 10.4. The molecule has 0 saturated heterocycles. The number of hydrogen-bond donors (Lipinski definition) is 2. The van der Waals surface area contributed by atoms with Crippen LogP contribution in [0.4, 0.5) is 19.0 Å². The van der Waals surface area contributed by atoms with Gasteiger partial charge in [-0.1, -0.05) is 11.6 Å². The first kappa shape index (κ1) is 14.9. The smallest absolute Gasteiger partial charge is 0.310 e. The zero-order chi connectivity index (χ0) is 14.1. The molecule has 10 heteroatoms. The minimum absolute atomic E-state index is 0.129. The normalized spacial score (nSPS) is 15.1. The molecule has 3 N–H and O–H groups in total. The Bertz CT molecular complexity index is 458. The van der Waals surface area contributed by atoms with Crippen molar-refractivity contribution in [2.45, 2.75) is 18.6 Å². The van der Waals surface area contributed by atoms with Gasteiger partial charge in [0.25, 0.3) is 5.91 Å². The molecule has 0 bridgehead atoms. The van der Waals surface area contributed by atoms with E-state index in [9.17, 15) is 18.0 Å². The van der Waals surface area contributed by atoms with Gasteiger partial charge in [-0.3, -0.25) is 4.79 Å². The fraction of sp³-hybridized carbons (Fsp3) is 0.375. The summed E-state index contributed by atoms with van der Waals surface area (Å²) in [6.07, 6.45) is -4.91. The van der Waals surface area contributed by atoms with Crippen LogP contribution in [0, 0.1) is 0 Å². The molecular formula is C8H7Cl2F3N4O. The molecule has 0 radical (unpaired) electrons. The molecule has 0 saturated carbocycles. The number of nitrogens with zero attached hydrogens (tertiary/aromatic N) is 2.